The van der Waals surface area contributed by atoms with Gasteiger partial charge in [0.05, 0.1) is 12.0 Å². The normalized spacial score (nSPS) is 13.3. The van der Waals surface area contributed by atoms with Crippen molar-refractivity contribution in [1.82, 2.24) is 0 Å². The van der Waals surface area contributed by atoms with E-state index in [9.17, 15) is 30.0 Å². The van der Waals surface area contributed by atoms with E-state index in [-0.39, 0.29) is 36.2 Å². The molecule has 0 saturated heterocycles. The van der Waals surface area contributed by atoms with Gasteiger partial charge in [0.1, 0.15) is 6.61 Å². The second kappa shape index (κ2) is 10.4. The van der Waals surface area contributed by atoms with Crippen LogP contribution in [0.3, 0.4) is 0 Å². The zero-order valence-corrected chi connectivity index (χ0v) is 19.1. The SMILES string of the molecule is CCOC(=O)C(C)(C)COc1c(-c2cccc3c2CCC3=O)ccc(OC(O)O)c1OC(O)O. The molecule has 0 unspecified atom stereocenters. The first-order valence-electron chi connectivity index (χ1n) is 10.7. The molecule has 1 aliphatic rings. The minimum atomic E-state index is -2.29. The Bertz CT molecular complexity index is 1060. The van der Waals surface area contributed by atoms with Crippen LogP contribution in [0, 0.1) is 5.41 Å². The third-order valence-corrected chi connectivity index (χ3v) is 5.31. The molecule has 0 spiro atoms. The van der Waals surface area contributed by atoms with Crippen LogP contribution in [0.5, 0.6) is 17.2 Å². The van der Waals surface area contributed by atoms with Crippen molar-refractivity contribution in [2.45, 2.75) is 46.6 Å². The summed E-state index contributed by atoms with van der Waals surface area (Å²) in [5, 5.41) is 37.6. The molecule has 0 bridgehead atoms. The fourth-order valence-corrected chi connectivity index (χ4v) is 3.70. The molecule has 0 aliphatic heterocycles. The predicted molar refractivity (Wildman–Crippen MR) is 118 cm³/mol. The highest BCUT2D eigenvalue weighted by atomic mass is 16.8. The molecule has 2 aromatic carbocycles. The number of fused-ring (bicyclic) bond motifs is 1. The van der Waals surface area contributed by atoms with Gasteiger partial charge in [-0.2, -0.15) is 0 Å². The first kappa shape index (κ1) is 25.4. The van der Waals surface area contributed by atoms with E-state index in [4.69, 9.17) is 18.9 Å². The molecule has 0 atom stereocenters. The van der Waals surface area contributed by atoms with E-state index >= 15 is 0 Å². The molecule has 10 heteroatoms. The Balaban J connectivity index is 2.16. The van der Waals surface area contributed by atoms with E-state index in [1.165, 1.54) is 6.07 Å². The number of rotatable bonds is 10. The summed E-state index contributed by atoms with van der Waals surface area (Å²) in [4.78, 5) is 24.6. The van der Waals surface area contributed by atoms with Crippen LogP contribution in [-0.2, 0) is 16.0 Å². The van der Waals surface area contributed by atoms with Crippen molar-refractivity contribution in [3.63, 3.8) is 0 Å². The lowest BCUT2D eigenvalue weighted by molar-refractivity contribution is -0.193. The first-order valence-corrected chi connectivity index (χ1v) is 10.7. The third kappa shape index (κ3) is 5.48. The van der Waals surface area contributed by atoms with E-state index in [0.29, 0.717) is 29.5 Å². The van der Waals surface area contributed by atoms with Crippen LogP contribution < -0.4 is 14.2 Å². The molecule has 0 radical (unpaired) electrons. The maximum Gasteiger partial charge on any atom is 0.314 e. The highest BCUT2D eigenvalue weighted by Gasteiger charge is 2.33. The largest absolute Gasteiger partial charge is 0.488 e. The van der Waals surface area contributed by atoms with Crippen molar-refractivity contribution in [2.75, 3.05) is 13.2 Å². The number of hydrogen-bond donors (Lipinski definition) is 4. The van der Waals surface area contributed by atoms with Gasteiger partial charge in [0.2, 0.25) is 5.75 Å². The molecule has 3 rings (SSSR count). The van der Waals surface area contributed by atoms with Crippen molar-refractivity contribution >= 4 is 11.8 Å². The number of ketones is 1. The fraction of sp³-hybridized carbons (Fsp3) is 0.417. The minimum Gasteiger partial charge on any atom is -0.488 e. The average Bonchev–Trinajstić information content (AvgIpc) is 3.14. The summed E-state index contributed by atoms with van der Waals surface area (Å²) < 4.78 is 21.1. The van der Waals surface area contributed by atoms with E-state index in [1.807, 2.05) is 0 Å². The molecule has 0 saturated carbocycles. The summed E-state index contributed by atoms with van der Waals surface area (Å²) in [6.07, 6.45) is 0.861. The Morgan fingerprint density at radius 3 is 2.26 bits per heavy atom. The van der Waals surface area contributed by atoms with E-state index in [0.717, 1.165) is 5.56 Å². The maximum atomic E-state index is 12.4. The van der Waals surface area contributed by atoms with Crippen LogP contribution in [0.15, 0.2) is 30.3 Å². The van der Waals surface area contributed by atoms with Gasteiger partial charge in [-0.25, -0.2) is 0 Å². The highest BCUT2D eigenvalue weighted by molar-refractivity contribution is 6.02. The van der Waals surface area contributed by atoms with Gasteiger partial charge < -0.3 is 39.4 Å². The lowest BCUT2D eigenvalue weighted by Crippen LogP contribution is -2.33. The minimum absolute atomic E-state index is 0.00775. The smallest absolute Gasteiger partial charge is 0.314 e. The van der Waals surface area contributed by atoms with E-state index in [2.05, 4.69) is 0 Å². The summed E-state index contributed by atoms with van der Waals surface area (Å²) in [5.41, 5.74) is 1.33. The Hall–Kier alpha value is -3.18. The lowest BCUT2D eigenvalue weighted by Gasteiger charge is -2.26. The standard InChI is InChI=1S/C24H28O10/c1-4-31-21(26)24(2,3)12-32-19-16(13-6-5-7-15-14(13)8-10-17(15)25)9-11-18(33-22(27)28)20(19)34-23(29)30/h5-7,9,11,22-23,27-30H,4,8,10,12H2,1-3H3. The molecular weight excluding hydrogens is 448 g/mol. The molecule has 4 N–H and O–H groups in total. The van der Waals surface area contributed by atoms with Gasteiger partial charge in [-0.3, -0.25) is 9.59 Å². The molecule has 2 aromatic rings. The Kier molecular flexibility index (Phi) is 7.78. The number of Topliss-reactive ketones (excluding diaryl/α,β-unsaturated/α-hetero) is 1. The summed E-state index contributed by atoms with van der Waals surface area (Å²) in [5.74, 6) is -1.13. The molecule has 0 amide bonds. The van der Waals surface area contributed by atoms with Crippen LogP contribution in [-0.4, -0.2) is 58.3 Å². The van der Waals surface area contributed by atoms with Crippen LogP contribution >= 0.6 is 0 Å². The monoisotopic (exact) mass is 476 g/mol. The van der Waals surface area contributed by atoms with Gasteiger partial charge in [-0.1, -0.05) is 18.2 Å². The van der Waals surface area contributed by atoms with Crippen molar-refractivity contribution < 1.29 is 49.0 Å². The Morgan fingerprint density at radius 1 is 0.941 bits per heavy atom. The Labute approximate surface area is 196 Å². The molecule has 184 valence electrons. The van der Waals surface area contributed by atoms with Crippen molar-refractivity contribution in [2.24, 2.45) is 5.41 Å². The van der Waals surface area contributed by atoms with Crippen LogP contribution in [0.4, 0.5) is 0 Å². The molecule has 0 aromatic heterocycles. The first-order chi connectivity index (χ1) is 16.0. The topological polar surface area (TPSA) is 152 Å². The second-order valence-electron chi connectivity index (χ2n) is 8.31. The number of hydrogen-bond acceptors (Lipinski definition) is 10. The van der Waals surface area contributed by atoms with Gasteiger partial charge in [-0.15, -0.1) is 0 Å². The summed E-state index contributed by atoms with van der Waals surface area (Å²) >= 11 is 0. The summed E-state index contributed by atoms with van der Waals surface area (Å²) in [7, 11) is 0. The molecule has 10 nitrogen and oxygen atoms in total. The number of benzene rings is 2. The molecule has 34 heavy (non-hydrogen) atoms. The predicted octanol–water partition coefficient (Wildman–Crippen LogP) is 1.74. The van der Waals surface area contributed by atoms with Gasteiger partial charge in [0.25, 0.3) is 0 Å². The quantitative estimate of drug-likeness (QED) is 0.295. The molecule has 0 fully saturated rings. The number of ether oxygens (including phenoxy) is 4. The summed E-state index contributed by atoms with van der Waals surface area (Å²) in [6, 6.07) is 8.11. The van der Waals surface area contributed by atoms with Crippen molar-refractivity contribution in [3.8, 4) is 28.4 Å². The van der Waals surface area contributed by atoms with Gasteiger partial charge in [-0.05, 0) is 50.5 Å². The number of carbonyl (C=O) groups is 2. The highest BCUT2D eigenvalue weighted by Crippen LogP contribution is 2.47. The zero-order valence-electron chi connectivity index (χ0n) is 19.1. The number of esters is 1. The average molecular weight is 476 g/mol. The third-order valence-electron chi connectivity index (χ3n) is 5.31. The number of carbonyl (C=O) groups excluding carboxylic acids is 2. The Morgan fingerprint density at radius 2 is 1.62 bits per heavy atom. The second-order valence-corrected chi connectivity index (χ2v) is 8.31. The molecule has 1 aliphatic carbocycles. The summed E-state index contributed by atoms with van der Waals surface area (Å²) in [6.45, 7) is 0.366. The maximum absolute atomic E-state index is 12.4. The van der Waals surface area contributed by atoms with Crippen molar-refractivity contribution in [3.05, 3.63) is 41.5 Å². The molecular formula is C24H28O10. The van der Waals surface area contributed by atoms with Gasteiger partial charge in [0, 0.05) is 17.5 Å². The zero-order chi connectivity index (χ0) is 25.0. The fourth-order valence-electron chi connectivity index (χ4n) is 3.70. The van der Waals surface area contributed by atoms with Crippen molar-refractivity contribution in [1.29, 1.82) is 0 Å². The van der Waals surface area contributed by atoms with Gasteiger partial charge in [0.15, 0.2) is 17.3 Å². The number of aliphatic hydroxyl groups excluding tert-OH is 2. The van der Waals surface area contributed by atoms with Crippen LogP contribution in [0.1, 0.15) is 43.1 Å². The lowest BCUT2D eigenvalue weighted by atomic mass is 9.94. The van der Waals surface area contributed by atoms with Gasteiger partial charge >= 0.3 is 18.9 Å². The molecule has 0 heterocycles. The van der Waals surface area contributed by atoms with Crippen LogP contribution in [0.25, 0.3) is 11.1 Å². The van der Waals surface area contributed by atoms with Crippen LogP contribution in [0.2, 0.25) is 0 Å². The van der Waals surface area contributed by atoms with E-state index in [1.54, 1.807) is 45.0 Å². The number of aliphatic hydroxyl groups is 4. The van der Waals surface area contributed by atoms with E-state index < -0.39 is 24.3 Å².